The first-order chi connectivity index (χ1) is 5.83. The van der Waals surface area contributed by atoms with Gasteiger partial charge in [-0.05, 0) is 31.7 Å². The van der Waals surface area contributed by atoms with E-state index in [4.69, 9.17) is 0 Å². The van der Waals surface area contributed by atoms with Gasteiger partial charge in [-0.2, -0.15) is 0 Å². The van der Waals surface area contributed by atoms with Crippen LogP contribution in [0.4, 0.5) is 0 Å². The van der Waals surface area contributed by atoms with Gasteiger partial charge in [-0.1, -0.05) is 19.8 Å². The first-order valence-corrected chi connectivity index (χ1v) is 5.21. The summed E-state index contributed by atoms with van der Waals surface area (Å²) in [5, 5.41) is 12.7. The molecule has 1 unspecified atom stereocenters. The molecule has 0 amide bonds. The van der Waals surface area contributed by atoms with E-state index in [1.54, 1.807) is 0 Å². The second-order valence-corrected chi connectivity index (χ2v) is 3.90. The zero-order valence-corrected chi connectivity index (χ0v) is 8.05. The summed E-state index contributed by atoms with van der Waals surface area (Å²) >= 11 is 0. The van der Waals surface area contributed by atoms with Crippen LogP contribution in [-0.2, 0) is 0 Å². The van der Waals surface area contributed by atoms with Crippen molar-refractivity contribution in [3.8, 4) is 0 Å². The van der Waals surface area contributed by atoms with E-state index in [0.29, 0.717) is 0 Å². The topological polar surface area (TPSA) is 32.3 Å². The molecule has 72 valence electrons. The maximum Gasteiger partial charge on any atom is 0.0664 e. The number of aliphatic hydroxyl groups excluding tert-OH is 1. The number of nitrogens with one attached hydrogen (secondary N) is 1. The fourth-order valence-electron chi connectivity index (χ4n) is 1.59. The molecule has 0 radical (unpaired) electrons. The van der Waals surface area contributed by atoms with Crippen LogP contribution in [0, 0.1) is 5.92 Å². The first-order valence-electron chi connectivity index (χ1n) is 5.21. The molecule has 2 nitrogen and oxygen atoms in total. The molecule has 0 aromatic carbocycles. The second-order valence-electron chi connectivity index (χ2n) is 3.90. The number of aliphatic hydroxyl groups is 1. The third-order valence-corrected chi connectivity index (χ3v) is 2.66. The van der Waals surface area contributed by atoms with E-state index in [-0.39, 0.29) is 6.10 Å². The van der Waals surface area contributed by atoms with Gasteiger partial charge in [0.25, 0.3) is 0 Å². The summed E-state index contributed by atoms with van der Waals surface area (Å²) in [4.78, 5) is 0. The summed E-state index contributed by atoms with van der Waals surface area (Å²) in [6.45, 7) is 4.00. The van der Waals surface area contributed by atoms with Crippen molar-refractivity contribution in [2.24, 2.45) is 5.92 Å². The summed E-state index contributed by atoms with van der Waals surface area (Å²) in [7, 11) is 0. The van der Waals surface area contributed by atoms with Gasteiger partial charge in [-0.15, -0.1) is 0 Å². The van der Waals surface area contributed by atoms with E-state index in [9.17, 15) is 5.11 Å². The smallest absolute Gasteiger partial charge is 0.0664 e. The highest BCUT2D eigenvalue weighted by Gasteiger charge is 2.16. The van der Waals surface area contributed by atoms with Crippen LogP contribution >= 0.6 is 0 Å². The quantitative estimate of drug-likeness (QED) is 0.635. The largest absolute Gasteiger partial charge is 0.392 e. The Hall–Kier alpha value is -0.0800. The van der Waals surface area contributed by atoms with E-state index >= 15 is 0 Å². The van der Waals surface area contributed by atoms with Gasteiger partial charge in [0.2, 0.25) is 0 Å². The Bertz CT molecular complexity index is 112. The molecule has 0 aromatic rings. The number of rotatable bonds is 6. The predicted molar refractivity (Wildman–Crippen MR) is 51.1 cm³/mol. The standard InChI is InChI=1S/C10H21NO/c1-2-4-10(12)8-11-7-9-5-3-6-9/h9-12H,2-8H2,1H3. The highest BCUT2D eigenvalue weighted by Crippen LogP contribution is 2.24. The van der Waals surface area contributed by atoms with Crippen LogP contribution < -0.4 is 5.32 Å². The van der Waals surface area contributed by atoms with Crippen molar-refractivity contribution in [3.05, 3.63) is 0 Å². The zero-order valence-electron chi connectivity index (χ0n) is 8.05. The van der Waals surface area contributed by atoms with Gasteiger partial charge in [0, 0.05) is 6.54 Å². The maximum atomic E-state index is 9.39. The average molecular weight is 171 g/mol. The lowest BCUT2D eigenvalue weighted by Gasteiger charge is -2.26. The van der Waals surface area contributed by atoms with Crippen LogP contribution in [0.15, 0.2) is 0 Å². The number of hydrogen-bond acceptors (Lipinski definition) is 2. The molecule has 2 heteroatoms. The van der Waals surface area contributed by atoms with E-state index in [1.165, 1.54) is 19.3 Å². The Morgan fingerprint density at radius 1 is 1.50 bits per heavy atom. The van der Waals surface area contributed by atoms with Gasteiger partial charge in [0.05, 0.1) is 6.10 Å². The van der Waals surface area contributed by atoms with Crippen LogP contribution in [0.3, 0.4) is 0 Å². The average Bonchev–Trinajstić information content (AvgIpc) is 1.95. The van der Waals surface area contributed by atoms with Gasteiger partial charge in [-0.3, -0.25) is 0 Å². The van der Waals surface area contributed by atoms with Crippen LogP contribution in [0.5, 0.6) is 0 Å². The van der Waals surface area contributed by atoms with Crippen LogP contribution in [0.2, 0.25) is 0 Å². The molecule has 1 fully saturated rings. The molecule has 1 rings (SSSR count). The van der Waals surface area contributed by atoms with Crippen molar-refractivity contribution in [1.82, 2.24) is 5.32 Å². The fourth-order valence-corrected chi connectivity index (χ4v) is 1.59. The molecular formula is C10H21NO. The fraction of sp³-hybridized carbons (Fsp3) is 1.00. The molecule has 0 heterocycles. The molecule has 12 heavy (non-hydrogen) atoms. The Morgan fingerprint density at radius 2 is 2.25 bits per heavy atom. The molecule has 0 saturated heterocycles. The van der Waals surface area contributed by atoms with Crippen molar-refractivity contribution in [3.63, 3.8) is 0 Å². The lowest BCUT2D eigenvalue weighted by molar-refractivity contribution is 0.155. The maximum absolute atomic E-state index is 9.39. The molecular weight excluding hydrogens is 150 g/mol. The summed E-state index contributed by atoms with van der Waals surface area (Å²) in [6, 6.07) is 0. The van der Waals surface area contributed by atoms with E-state index in [1.807, 2.05) is 0 Å². The molecule has 1 aliphatic rings. The lowest BCUT2D eigenvalue weighted by Crippen LogP contribution is -2.33. The van der Waals surface area contributed by atoms with Gasteiger partial charge in [0.15, 0.2) is 0 Å². The zero-order chi connectivity index (χ0) is 8.81. The molecule has 0 aromatic heterocycles. The molecule has 1 atom stereocenters. The Morgan fingerprint density at radius 3 is 2.75 bits per heavy atom. The molecule has 0 spiro atoms. The third-order valence-electron chi connectivity index (χ3n) is 2.66. The van der Waals surface area contributed by atoms with Crippen molar-refractivity contribution in [2.45, 2.75) is 45.1 Å². The van der Waals surface area contributed by atoms with Crippen LogP contribution in [-0.4, -0.2) is 24.3 Å². The third kappa shape index (κ3) is 3.55. The second kappa shape index (κ2) is 5.55. The van der Waals surface area contributed by atoms with Crippen molar-refractivity contribution >= 4 is 0 Å². The summed E-state index contributed by atoms with van der Waals surface area (Å²) < 4.78 is 0. The molecule has 1 aliphatic carbocycles. The summed E-state index contributed by atoms with van der Waals surface area (Å²) in [5.74, 6) is 0.902. The molecule has 2 N–H and O–H groups in total. The highest BCUT2D eigenvalue weighted by atomic mass is 16.3. The van der Waals surface area contributed by atoms with Crippen LogP contribution in [0.1, 0.15) is 39.0 Å². The lowest BCUT2D eigenvalue weighted by atomic mass is 9.85. The SMILES string of the molecule is CCCC(O)CNCC1CCC1. The monoisotopic (exact) mass is 171 g/mol. The summed E-state index contributed by atoms with van der Waals surface area (Å²) in [5.41, 5.74) is 0. The van der Waals surface area contributed by atoms with Crippen molar-refractivity contribution < 1.29 is 5.11 Å². The van der Waals surface area contributed by atoms with Gasteiger partial charge in [-0.25, -0.2) is 0 Å². The predicted octanol–water partition coefficient (Wildman–Crippen LogP) is 1.54. The molecule has 1 saturated carbocycles. The van der Waals surface area contributed by atoms with Gasteiger partial charge >= 0.3 is 0 Å². The van der Waals surface area contributed by atoms with E-state index < -0.39 is 0 Å². The minimum absolute atomic E-state index is 0.130. The molecule has 0 bridgehead atoms. The minimum Gasteiger partial charge on any atom is -0.392 e. The highest BCUT2D eigenvalue weighted by molar-refractivity contribution is 4.72. The molecule has 0 aliphatic heterocycles. The minimum atomic E-state index is -0.130. The van der Waals surface area contributed by atoms with Crippen molar-refractivity contribution in [2.75, 3.05) is 13.1 Å². The van der Waals surface area contributed by atoms with E-state index in [0.717, 1.165) is 31.8 Å². The van der Waals surface area contributed by atoms with Crippen LogP contribution in [0.25, 0.3) is 0 Å². The normalized spacial score (nSPS) is 20.5. The Balaban J connectivity index is 1.86. The first kappa shape index (κ1) is 10.0. The van der Waals surface area contributed by atoms with Gasteiger partial charge in [0.1, 0.15) is 0 Å². The Labute approximate surface area is 75.4 Å². The van der Waals surface area contributed by atoms with E-state index in [2.05, 4.69) is 12.2 Å². The Kier molecular flexibility index (Phi) is 4.62. The number of hydrogen-bond donors (Lipinski definition) is 2. The summed E-state index contributed by atoms with van der Waals surface area (Å²) in [6.07, 6.45) is 6.05. The van der Waals surface area contributed by atoms with Gasteiger partial charge < -0.3 is 10.4 Å². The van der Waals surface area contributed by atoms with Crippen molar-refractivity contribution in [1.29, 1.82) is 0 Å².